The average molecular weight is 351 g/mol. The molecule has 0 heterocycles. The van der Waals surface area contributed by atoms with E-state index in [1.807, 2.05) is 56.3 Å². The van der Waals surface area contributed by atoms with Gasteiger partial charge in [0.1, 0.15) is 11.6 Å². The first-order valence-corrected chi connectivity index (χ1v) is 8.78. The monoisotopic (exact) mass is 351 g/mol. The summed E-state index contributed by atoms with van der Waals surface area (Å²) < 4.78 is 19.1. The van der Waals surface area contributed by atoms with E-state index in [2.05, 4.69) is 5.32 Å². The Morgan fingerprint density at radius 1 is 1.04 bits per heavy atom. The summed E-state index contributed by atoms with van der Waals surface area (Å²) in [7, 11) is 0. The lowest BCUT2D eigenvalue weighted by Crippen LogP contribution is -2.39. The van der Waals surface area contributed by atoms with Crippen LogP contribution >= 0.6 is 0 Å². The number of rotatable bonds is 6. The Labute approximate surface area is 152 Å². The first-order chi connectivity index (χ1) is 12.6. The second-order valence-corrected chi connectivity index (χ2v) is 6.27. The Hall–Kier alpha value is -2.88. The lowest BCUT2D eigenvalue weighted by molar-refractivity contribution is -0.128. The first-order valence-electron chi connectivity index (χ1n) is 8.78. The number of ether oxygens (including phenoxy) is 1. The number of benzene rings is 3. The fourth-order valence-corrected chi connectivity index (χ4v) is 2.92. The maximum atomic E-state index is 13.1. The molecule has 2 unspecified atom stereocenters. The molecule has 0 spiro atoms. The van der Waals surface area contributed by atoms with Crippen LogP contribution in [0.4, 0.5) is 4.39 Å². The SMILES string of the molecule is CCC(Oc1cccc2ccccc12)C(=O)NC(C)c1ccc(F)cc1. The van der Waals surface area contributed by atoms with Crippen LogP contribution in [-0.2, 0) is 4.79 Å². The molecule has 0 saturated heterocycles. The van der Waals surface area contributed by atoms with E-state index in [1.54, 1.807) is 12.1 Å². The molecule has 2 atom stereocenters. The van der Waals surface area contributed by atoms with Gasteiger partial charge in [-0.2, -0.15) is 0 Å². The summed E-state index contributed by atoms with van der Waals surface area (Å²) >= 11 is 0. The van der Waals surface area contributed by atoms with E-state index in [1.165, 1.54) is 12.1 Å². The Balaban J connectivity index is 1.73. The number of fused-ring (bicyclic) bond motifs is 1. The number of carbonyl (C=O) groups excluding carboxylic acids is 1. The van der Waals surface area contributed by atoms with E-state index in [9.17, 15) is 9.18 Å². The van der Waals surface area contributed by atoms with Gasteiger partial charge in [-0.3, -0.25) is 4.79 Å². The number of carbonyl (C=O) groups is 1. The van der Waals surface area contributed by atoms with Crippen molar-refractivity contribution in [1.29, 1.82) is 0 Å². The zero-order valence-electron chi connectivity index (χ0n) is 14.9. The van der Waals surface area contributed by atoms with Crippen LogP contribution < -0.4 is 10.1 Å². The molecule has 134 valence electrons. The molecular weight excluding hydrogens is 329 g/mol. The fourth-order valence-electron chi connectivity index (χ4n) is 2.92. The molecule has 4 heteroatoms. The molecule has 0 aromatic heterocycles. The van der Waals surface area contributed by atoms with Gasteiger partial charge in [0.25, 0.3) is 5.91 Å². The molecule has 3 aromatic rings. The number of hydrogen-bond acceptors (Lipinski definition) is 2. The highest BCUT2D eigenvalue weighted by Gasteiger charge is 2.21. The smallest absolute Gasteiger partial charge is 0.261 e. The second-order valence-electron chi connectivity index (χ2n) is 6.27. The Kier molecular flexibility index (Phi) is 5.52. The van der Waals surface area contributed by atoms with E-state index in [-0.39, 0.29) is 17.8 Å². The average Bonchev–Trinajstić information content (AvgIpc) is 2.66. The van der Waals surface area contributed by atoms with Crippen molar-refractivity contribution in [3.05, 3.63) is 78.1 Å². The minimum absolute atomic E-state index is 0.183. The predicted molar refractivity (Wildman–Crippen MR) is 102 cm³/mol. The van der Waals surface area contributed by atoms with E-state index in [0.717, 1.165) is 16.3 Å². The Morgan fingerprint density at radius 2 is 1.73 bits per heavy atom. The maximum Gasteiger partial charge on any atom is 0.261 e. The van der Waals surface area contributed by atoms with Gasteiger partial charge in [-0.15, -0.1) is 0 Å². The summed E-state index contributed by atoms with van der Waals surface area (Å²) in [5.74, 6) is 0.217. The van der Waals surface area contributed by atoms with Gasteiger partial charge in [-0.1, -0.05) is 55.5 Å². The summed E-state index contributed by atoms with van der Waals surface area (Å²) in [6, 6.07) is 19.6. The molecule has 0 saturated carbocycles. The molecule has 0 bridgehead atoms. The summed E-state index contributed by atoms with van der Waals surface area (Å²) in [6.07, 6.45) is -0.0470. The van der Waals surface area contributed by atoms with Crippen LogP contribution in [0.5, 0.6) is 5.75 Å². The van der Waals surface area contributed by atoms with Crippen molar-refractivity contribution in [1.82, 2.24) is 5.32 Å². The fraction of sp³-hybridized carbons (Fsp3) is 0.227. The molecule has 1 N–H and O–H groups in total. The summed E-state index contributed by atoms with van der Waals surface area (Å²) in [4.78, 5) is 12.7. The van der Waals surface area contributed by atoms with Gasteiger partial charge in [0.15, 0.2) is 6.10 Å². The molecule has 3 aromatic carbocycles. The number of amides is 1. The molecule has 26 heavy (non-hydrogen) atoms. The minimum atomic E-state index is -0.594. The van der Waals surface area contributed by atoms with Crippen molar-refractivity contribution in [2.24, 2.45) is 0 Å². The standard InChI is InChI=1S/C22H22FNO2/c1-3-20(22(25)24-15(2)16-11-13-18(23)14-12-16)26-21-10-6-8-17-7-4-5-9-19(17)21/h4-15,20H,3H2,1-2H3,(H,24,25). The van der Waals surface area contributed by atoms with Gasteiger partial charge in [0, 0.05) is 5.39 Å². The molecular formula is C22H22FNO2. The number of hydrogen-bond donors (Lipinski definition) is 1. The molecule has 0 aliphatic rings. The second kappa shape index (κ2) is 8.00. The number of nitrogens with one attached hydrogen (secondary N) is 1. The van der Waals surface area contributed by atoms with Crippen LogP contribution in [0.25, 0.3) is 10.8 Å². The summed E-state index contributed by atoms with van der Waals surface area (Å²) in [6.45, 7) is 3.79. The largest absolute Gasteiger partial charge is 0.480 e. The van der Waals surface area contributed by atoms with E-state index >= 15 is 0 Å². The molecule has 0 fully saturated rings. The van der Waals surface area contributed by atoms with Crippen LogP contribution in [0.3, 0.4) is 0 Å². The zero-order valence-corrected chi connectivity index (χ0v) is 14.9. The van der Waals surface area contributed by atoms with Crippen LogP contribution in [-0.4, -0.2) is 12.0 Å². The van der Waals surface area contributed by atoms with Gasteiger partial charge in [0.05, 0.1) is 6.04 Å². The van der Waals surface area contributed by atoms with Crippen LogP contribution in [0.2, 0.25) is 0 Å². The van der Waals surface area contributed by atoms with Gasteiger partial charge >= 0.3 is 0 Å². The highest BCUT2D eigenvalue weighted by molar-refractivity contribution is 5.89. The van der Waals surface area contributed by atoms with Crippen molar-refractivity contribution in [2.75, 3.05) is 0 Å². The van der Waals surface area contributed by atoms with Crippen molar-refractivity contribution in [2.45, 2.75) is 32.4 Å². The maximum absolute atomic E-state index is 13.1. The van der Waals surface area contributed by atoms with Gasteiger partial charge in [0.2, 0.25) is 0 Å². The Morgan fingerprint density at radius 3 is 2.46 bits per heavy atom. The molecule has 3 nitrogen and oxygen atoms in total. The lowest BCUT2D eigenvalue weighted by atomic mass is 10.1. The third kappa shape index (κ3) is 4.02. The van der Waals surface area contributed by atoms with Gasteiger partial charge in [-0.25, -0.2) is 4.39 Å². The van der Waals surface area contributed by atoms with Crippen LogP contribution in [0.15, 0.2) is 66.7 Å². The van der Waals surface area contributed by atoms with Gasteiger partial charge in [-0.05, 0) is 42.5 Å². The number of halogens is 1. The zero-order chi connectivity index (χ0) is 18.5. The lowest BCUT2D eigenvalue weighted by Gasteiger charge is -2.21. The van der Waals surface area contributed by atoms with E-state index in [4.69, 9.17) is 4.74 Å². The predicted octanol–water partition coefficient (Wildman–Crippen LogP) is 5.01. The Bertz CT molecular complexity index is 887. The summed E-state index contributed by atoms with van der Waals surface area (Å²) in [5.41, 5.74) is 0.847. The minimum Gasteiger partial charge on any atom is -0.480 e. The molecule has 3 rings (SSSR count). The van der Waals surface area contributed by atoms with Crippen molar-refractivity contribution in [3.63, 3.8) is 0 Å². The highest BCUT2D eigenvalue weighted by Crippen LogP contribution is 2.26. The quantitative estimate of drug-likeness (QED) is 0.678. The van der Waals surface area contributed by atoms with Crippen molar-refractivity contribution < 1.29 is 13.9 Å². The normalized spacial score (nSPS) is 13.2. The van der Waals surface area contributed by atoms with Crippen LogP contribution in [0, 0.1) is 5.82 Å². The van der Waals surface area contributed by atoms with E-state index < -0.39 is 6.10 Å². The third-order valence-corrected chi connectivity index (χ3v) is 4.41. The van der Waals surface area contributed by atoms with Gasteiger partial charge < -0.3 is 10.1 Å². The van der Waals surface area contributed by atoms with Crippen molar-refractivity contribution >= 4 is 16.7 Å². The molecule has 0 aliphatic heterocycles. The van der Waals surface area contributed by atoms with Crippen LogP contribution in [0.1, 0.15) is 31.9 Å². The topological polar surface area (TPSA) is 38.3 Å². The van der Waals surface area contributed by atoms with Crippen molar-refractivity contribution in [3.8, 4) is 5.75 Å². The third-order valence-electron chi connectivity index (χ3n) is 4.41. The molecule has 0 radical (unpaired) electrons. The molecule has 0 aliphatic carbocycles. The van der Waals surface area contributed by atoms with E-state index in [0.29, 0.717) is 12.2 Å². The molecule has 1 amide bonds. The first kappa shape index (κ1) is 17.9. The summed E-state index contributed by atoms with van der Waals surface area (Å²) in [5, 5.41) is 5.00. The highest BCUT2D eigenvalue weighted by atomic mass is 19.1.